The van der Waals surface area contributed by atoms with Gasteiger partial charge in [0.2, 0.25) is 0 Å². The van der Waals surface area contributed by atoms with Gasteiger partial charge in [0.25, 0.3) is 5.56 Å². The summed E-state index contributed by atoms with van der Waals surface area (Å²) in [4.78, 5) is 15.4. The molecule has 1 aromatic carbocycles. The molecule has 4 heterocycles. The summed E-state index contributed by atoms with van der Waals surface area (Å²) in [6.07, 6.45) is 3.45. The van der Waals surface area contributed by atoms with Crippen molar-refractivity contribution in [3.8, 4) is 16.9 Å². The summed E-state index contributed by atoms with van der Waals surface area (Å²) in [5.74, 6) is 1.84. The standard InChI is InChI=1S/C23H28N2O3/c1-27-20-4-2-17(3-5-20)21-6-7-22(26)25-14-16-12-18(23(21)25)15-24(13-16)19-8-10-28-11-9-19/h2-7,16,18-19H,8-15H2,1H3/t16-,18+/m0/s1. The van der Waals surface area contributed by atoms with E-state index in [1.807, 2.05) is 18.2 Å². The minimum atomic E-state index is 0.140. The lowest BCUT2D eigenvalue weighted by molar-refractivity contribution is 0.00597. The first kappa shape index (κ1) is 18.0. The molecular weight excluding hydrogens is 352 g/mol. The summed E-state index contributed by atoms with van der Waals surface area (Å²) in [5.41, 5.74) is 3.72. The second-order valence-electron chi connectivity index (χ2n) is 8.41. The fourth-order valence-corrected chi connectivity index (χ4v) is 5.42. The number of nitrogens with zero attached hydrogens (tertiary/aromatic N) is 2. The fraction of sp³-hybridized carbons (Fsp3) is 0.522. The van der Waals surface area contributed by atoms with E-state index in [9.17, 15) is 4.79 Å². The summed E-state index contributed by atoms with van der Waals surface area (Å²) < 4.78 is 12.9. The van der Waals surface area contributed by atoms with E-state index < -0.39 is 0 Å². The number of methoxy groups -OCH3 is 1. The van der Waals surface area contributed by atoms with Crippen LogP contribution in [0.4, 0.5) is 0 Å². The van der Waals surface area contributed by atoms with Crippen LogP contribution in [0.25, 0.3) is 11.1 Å². The molecule has 0 aliphatic carbocycles. The second-order valence-corrected chi connectivity index (χ2v) is 8.41. The molecule has 0 spiro atoms. The van der Waals surface area contributed by atoms with Crippen LogP contribution in [0.1, 0.15) is 30.9 Å². The van der Waals surface area contributed by atoms with Crippen molar-refractivity contribution in [1.29, 1.82) is 0 Å². The van der Waals surface area contributed by atoms with Crippen molar-refractivity contribution in [3.05, 3.63) is 52.4 Å². The van der Waals surface area contributed by atoms with Crippen molar-refractivity contribution in [2.24, 2.45) is 5.92 Å². The summed E-state index contributed by atoms with van der Waals surface area (Å²) in [7, 11) is 1.69. The van der Waals surface area contributed by atoms with Gasteiger partial charge < -0.3 is 14.0 Å². The van der Waals surface area contributed by atoms with Gasteiger partial charge in [0.05, 0.1) is 7.11 Å². The Balaban J connectivity index is 1.52. The van der Waals surface area contributed by atoms with Crippen molar-refractivity contribution in [1.82, 2.24) is 9.47 Å². The monoisotopic (exact) mass is 380 g/mol. The minimum absolute atomic E-state index is 0.140. The zero-order valence-corrected chi connectivity index (χ0v) is 16.5. The maximum atomic E-state index is 12.7. The summed E-state index contributed by atoms with van der Waals surface area (Å²) in [6.45, 7) is 4.76. The predicted molar refractivity (Wildman–Crippen MR) is 109 cm³/mol. The molecule has 0 saturated carbocycles. The van der Waals surface area contributed by atoms with Crippen LogP contribution in [0.2, 0.25) is 0 Å². The smallest absolute Gasteiger partial charge is 0.250 e. The Hall–Kier alpha value is -2.11. The number of likely N-dealkylation sites (tertiary alicyclic amines) is 1. The highest BCUT2D eigenvalue weighted by atomic mass is 16.5. The number of pyridine rings is 1. The van der Waals surface area contributed by atoms with Gasteiger partial charge in [-0.3, -0.25) is 9.69 Å². The SMILES string of the molecule is COc1ccc(-c2ccc(=O)n3c2[C@@H]2C[C@@H](CN(C4CCOCC4)C2)C3)cc1. The van der Waals surface area contributed by atoms with Gasteiger partial charge in [0, 0.05) is 62.1 Å². The number of hydrogen-bond acceptors (Lipinski definition) is 4. The molecule has 0 amide bonds. The third-order valence-corrected chi connectivity index (χ3v) is 6.73. The van der Waals surface area contributed by atoms with Crippen molar-refractivity contribution >= 4 is 0 Å². The van der Waals surface area contributed by atoms with Gasteiger partial charge in [-0.2, -0.15) is 0 Å². The molecule has 28 heavy (non-hydrogen) atoms. The first-order valence-corrected chi connectivity index (χ1v) is 10.4. The van der Waals surface area contributed by atoms with Gasteiger partial charge in [0.1, 0.15) is 5.75 Å². The normalized spacial score (nSPS) is 25.3. The Kier molecular flexibility index (Phi) is 4.73. The lowest BCUT2D eigenvalue weighted by Gasteiger charge is -2.47. The summed E-state index contributed by atoms with van der Waals surface area (Å²) in [6, 6.07) is 12.6. The first-order chi connectivity index (χ1) is 13.7. The predicted octanol–water partition coefficient (Wildman–Crippen LogP) is 3.12. The van der Waals surface area contributed by atoms with Crippen LogP contribution in [0, 0.1) is 5.92 Å². The van der Waals surface area contributed by atoms with Gasteiger partial charge in [-0.05, 0) is 48.9 Å². The molecule has 3 aliphatic rings. The number of rotatable bonds is 3. The topological polar surface area (TPSA) is 43.7 Å². The molecule has 2 atom stereocenters. The molecule has 5 nitrogen and oxygen atoms in total. The van der Waals surface area contributed by atoms with Crippen molar-refractivity contribution < 1.29 is 9.47 Å². The zero-order valence-electron chi connectivity index (χ0n) is 16.5. The van der Waals surface area contributed by atoms with Gasteiger partial charge in [-0.1, -0.05) is 12.1 Å². The maximum Gasteiger partial charge on any atom is 0.250 e. The molecule has 2 saturated heterocycles. The van der Waals surface area contributed by atoms with E-state index in [0.717, 1.165) is 57.0 Å². The van der Waals surface area contributed by atoms with Crippen LogP contribution in [0.3, 0.4) is 0 Å². The lowest BCUT2D eigenvalue weighted by Crippen LogP contribution is -2.51. The number of aromatic nitrogens is 1. The van der Waals surface area contributed by atoms with Crippen LogP contribution in [0.5, 0.6) is 5.75 Å². The number of piperidine rings is 1. The molecule has 0 unspecified atom stereocenters. The quantitative estimate of drug-likeness (QED) is 0.821. The molecule has 148 valence electrons. The Morgan fingerprint density at radius 2 is 1.79 bits per heavy atom. The Morgan fingerprint density at radius 1 is 1.00 bits per heavy atom. The minimum Gasteiger partial charge on any atom is -0.497 e. The highest BCUT2D eigenvalue weighted by Crippen LogP contribution is 2.41. The Bertz CT molecular complexity index is 899. The van der Waals surface area contributed by atoms with Crippen molar-refractivity contribution in [3.63, 3.8) is 0 Å². The Morgan fingerprint density at radius 3 is 2.54 bits per heavy atom. The van der Waals surface area contributed by atoms with Crippen molar-refractivity contribution in [2.75, 3.05) is 33.4 Å². The molecule has 0 radical (unpaired) electrons. The molecule has 5 heteroatoms. The van der Waals surface area contributed by atoms with Gasteiger partial charge in [-0.15, -0.1) is 0 Å². The van der Waals surface area contributed by atoms with E-state index in [4.69, 9.17) is 9.47 Å². The molecule has 2 fully saturated rings. The van der Waals surface area contributed by atoms with Crippen molar-refractivity contribution in [2.45, 2.75) is 37.8 Å². The van der Waals surface area contributed by atoms with Gasteiger partial charge in [0.15, 0.2) is 0 Å². The molecule has 2 bridgehead atoms. The molecular formula is C23H28N2O3. The maximum absolute atomic E-state index is 12.7. The third kappa shape index (κ3) is 3.16. The molecule has 5 rings (SSSR count). The fourth-order valence-electron chi connectivity index (χ4n) is 5.42. The number of benzene rings is 1. The van der Waals surface area contributed by atoms with E-state index in [1.54, 1.807) is 13.2 Å². The van der Waals surface area contributed by atoms with Crippen LogP contribution >= 0.6 is 0 Å². The molecule has 2 aromatic rings. The summed E-state index contributed by atoms with van der Waals surface area (Å²) in [5, 5.41) is 0. The van der Waals surface area contributed by atoms with Crippen LogP contribution < -0.4 is 10.3 Å². The lowest BCUT2D eigenvalue weighted by atomic mass is 9.79. The number of ether oxygens (including phenoxy) is 2. The average molecular weight is 380 g/mol. The van der Waals surface area contributed by atoms with Gasteiger partial charge >= 0.3 is 0 Å². The third-order valence-electron chi connectivity index (χ3n) is 6.73. The zero-order chi connectivity index (χ0) is 19.1. The van der Waals surface area contributed by atoms with Crippen LogP contribution in [0.15, 0.2) is 41.2 Å². The highest BCUT2D eigenvalue weighted by Gasteiger charge is 2.38. The molecule has 0 N–H and O–H groups in total. The van der Waals surface area contributed by atoms with E-state index >= 15 is 0 Å². The van der Waals surface area contributed by atoms with E-state index in [1.165, 1.54) is 17.7 Å². The van der Waals surface area contributed by atoms with Crippen LogP contribution in [-0.2, 0) is 11.3 Å². The van der Waals surface area contributed by atoms with Crippen LogP contribution in [-0.4, -0.2) is 48.9 Å². The Labute approximate surface area is 165 Å². The van der Waals surface area contributed by atoms with E-state index in [0.29, 0.717) is 17.9 Å². The van der Waals surface area contributed by atoms with E-state index in [-0.39, 0.29) is 5.56 Å². The highest BCUT2D eigenvalue weighted by molar-refractivity contribution is 5.67. The number of fused-ring (bicyclic) bond motifs is 4. The first-order valence-electron chi connectivity index (χ1n) is 10.4. The molecule has 1 aromatic heterocycles. The van der Waals surface area contributed by atoms with Gasteiger partial charge in [-0.25, -0.2) is 0 Å². The summed E-state index contributed by atoms with van der Waals surface area (Å²) >= 11 is 0. The average Bonchev–Trinajstić information content (AvgIpc) is 2.75. The largest absolute Gasteiger partial charge is 0.497 e. The number of hydrogen-bond donors (Lipinski definition) is 0. The molecule has 3 aliphatic heterocycles. The van der Waals surface area contributed by atoms with E-state index in [2.05, 4.69) is 21.6 Å². The second kappa shape index (κ2) is 7.37.